The summed E-state index contributed by atoms with van der Waals surface area (Å²) < 4.78 is 22.7. The maximum absolute atomic E-state index is 11.7. The van der Waals surface area contributed by atoms with Gasteiger partial charge in [-0.25, -0.2) is 8.42 Å². The first-order chi connectivity index (χ1) is 7.07. The normalized spacial score (nSPS) is 30.8. The molecule has 0 amide bonds. The first kappa shape index (κ1) is 11.1. The first-order valence-electron chi connectivity index (χ1n) is 5.53. The van der Waals surface area contributed by atoms with Crippen LogP contribution in [-0.4, -0.2) is 38.3 Å². The van der Waals surface area contributed by atoms with Crippen LogP contribution in [0, 0.1) is 5.92 Å². The molecule has 0 aromatic carbocycles. The second-order valence-electron chi connectivity index (χ2n) is 4.56. The monoisotopic (exact) mass is 231 g/mol. The molecule has 2 rings (SSSR count). The Morgan fingerprint density at radius 2 is 2.07 bits per heavy atom. The molecule has 1 aliphatic carbocycles. The molecule has 15 heavy (non-hydrogen) atoms. The van der Waals surface area contributed by atoms with Crippen molar-refractivity contribution in [1.29, 1.82) is 0 Å². The van der Waals surface area contributed by atoms with E-state index in [4.69, 9.17) is 0 Å². The number of carbonyl (C=O) groups excluding carboxylic acids is 1. The lowest BCUT2D eigenvalue weighted by atomic mass is 9.80. The summed E-state index contributed by atoms with van der Waals surface area (Å²) in [5.41, 5.74) is 0. The van der Waals surface area contributed by atoms with Gasteiger partial charge in [-0.2, -0.15) is 0 Å². The number of rotatable bonds is 3. The van der Waals surface area contributed by atoms with Gasteiger partial charge in [0, 0.05) is 24.9 Å². The molecule has 0 aromatic heterocycles. The molecule has 5 heteroatoms. The highest BCUT2D eigenvalue weighted by Gasteiger charge is 2.30. The van der Waals surface area contributed by atoms with Gasteiger partial charge in [0.05, 0.1) is 11.5 Å². The molecule has 2 fully saturated rings. The minimum Gasteiger partial charge on any atom is -0.312 e. The van der Waals surface area contributed by atoms with Gasteiger partial charge in [0.25, 0.3) is 0 Å². The van der Waals surface area contributed by atoms with Crippen molar-refractivity contribution in [3.8, 4) is 0 Å². The predicted molar refractivity (Wildman–Crippen MR) is 57.4 cm³/mol. The molecule has 1 aliphatic heterocycles. The fraction of sp³-hybridized carbons (Fsp3) is 0.900. The van der Waals surface area contributed by atoms with E-state index in [9.17, 15) is 13.2 Å². The van der Waals surface area contributed by atoms with Crippen molar-refractivity contribution in [3.63, 3.8) is 0 Å². The van der Waals surface area contributed by atoms with Crippen LogP contribution >= 0.6 is 0 Å². The summed E-state index contributed by atoms with van der Waals surface area (Å²) in [6, 6.07) is -0.142. The lowest BCUT2D eigenvalue weighted by Gasteiger charge is -2.28. The molecule has 1 saturated carbocycles. The van der Waals surface area contributed by atoms with Crippen LogP contribution in [0.15, 0.2) is 0 Å². The minimum atomic E-state index is -2.91. The Kier molecular flexibility index (Phi) is 3.11. The summed E-state index contributed by atoms with van der Waals surface area (Å²) in [6.07, 6.45) is 3.54. The second-order valence-corrected chi connectivity index (χ2v) is 6.79. The van der Waals surface area contributed by atoms with Gasteiger partial charge in [-0.1, -0.05) is 6.42 Å². The van der Waals surface area contributed by atoms with Gasteiger partial charge in [0.2, 0.25) is 0 Å². The van der Waals surface area contributed by atoms with Gasteiger partial charge in [0.15, 0.2) is 9.84 Å². The molecule has 1 unspecified atom stereocenters. The van der Waals surface area contributed by atoms with Crippen molar-refractivity contribution < 1.29 is 13.2 Å². The molecule has 1 N–H and O–H groups in total. The van der Waals surface area contributed by atoms with E-state index in [0.717, 1.165) is 19.3 Å². The van der Waals surface area contributed by atoms with Crippen molar-refractivity contribution in [2.75, 3.05) is 18.1 Å². The molecule has 1 heterocycles. The maximum Gasteiger partial charge on any atom is 0.153 e. The van der Waals surface area contributed by atoms with Crippen molar-refractivity contribution in [1.82, 2.24) is 5.32 Å². The molecule has 2 aliphatic rings. The van der Waals surface area contributed by atoms with Crippen LogP contribution in [0.5, 0.6) is 0 Å². The Morgan fingerprint density at radius 3 is 2.60 bits per heavy atom. The summed E-state index contributed by atoms with van der Waals surface area (Å²) in [7, 11) is -2.91. The SMILES string of the molecule is O=C(CC1CS(=O)(=O)CCN1)C1CCC1. The van der Waals surface area contributed by atoms with E-state index in [1.165, 1.54) is 0 Å². The molecule has 0 spiro atoms. The van der Waals surface area contributed by atoms with E-state index in [0.29, 0.717) is 13.0 Å². The smallest absolute Gasteiger partial charge is 0.153 e. The Balaban J connectivity index is 1.86. The quantitative estimate of drug-likeness (QED) is 0.750. The molecule has 0 radical (unpaired) electrons. The number of Topliss-reactive ketones (excluding diaryl/α,β-unsaturated/α-hetero) is 1. The van der Waals surface area contributed by atoms with E-state index in [2.05, 4.69) is 5.32 Å². The van der Waals surface area contributed by atoms with E-state index >= 15 is 0 Å². The maximum atomic E-state index is 11.7. The summed E-state index contributed by atoms with van der Waals surface area (Å²) >= 11 is 0. The van der Waals surface area contributed by atoms with E-state index < -0.39 is 9.84 Å². The fourth-order valence-corrected chi connectivity index (χ4v) is 3.58. The van der Waals surface area contributed by atoms with Gasteiger partial charge in [0.1, 0.15) is 5.78 Å². The number of hydrogen-bond acceptors (Lipinski definition) is 4. The molecular formula is C10H17NO3S. The lowest BCUT2D eigenvalue weighted by molar-refractivity contribution is -0.125. The largest absolute Gasteiger partial charge is 0.312 e. The highest BCUT2D eigenvalue weighted by Crippen LogP contribution is 2.28. The number of ketones is 1. The predicted octanol–water partition coefficient (Wildman–Crippen LogP) is 0.132. The van der Waals surface area contributed by atoms with Crippen molar-refractivity contribution in [2.45, 2.75) is 31.7 Å². The van der Waals surface area contributed by atoms with Crippen LogP contribution in [0.4, 0.5) is 0 Å². The molecule has 0 bridgehead atoms. The highest BCUT2D eigenvalue weighted by atomic mass is 32.2. The summed E-state index contributed by atoms with van der Waals surface area (Å²) in [5, 5.41) is 3.11. The van der Waals surface area contributed by atoms with E-state index in [1.807, 2.05) is 0 Å². The van der Waals surface area contributed by atoms with Crippen LogP contribution in [0.2, 0.25) is 0 Å². The molecule has 86 valence electrons. The summed E-state index contributed by atoms with van der Waals surface area (Å²) in [6.45, 7) is 0.491. The van der Waals surface area contributed by atoms with Gasteiger partial charge >= 0.3 is 0 Å². The molecule has 1 saturated heterocycles. The van der Waals surface area contributed by atoms with Crippen molar-refractivity contribution >= 4 is 15.6 Å². The standard InChI is InChI=1S/C10H17NO3S/c12-10(8-2-1-3-8)6-9-7-15(13,14)5-4-11-9/h8-9,11H,1-7H2. The molecule has 4 nitrogen and oxygen atoms in total. The van der Waals surface area contributed by atoms with Crippen molar-refractivity contribution in [2.24, 2.45) is 5.92 Å². The van der Waals surface area contributed by atoms with Crippen LogP contribution < -0.4 is 5.32 Å². The number of nitrogens with one attached hydrogen (secondary N) is 1. The van der Waals surface area contributed by atoms with Gasteiger partial charge in [-0.3, -0.25) is 4.79 Å². The number of sulfone groups is 1. The Hall–Kier alpha value is -0.420. The van der Waals surface area contributed by atoms with Gasteiger partial charge in [-0.05, 0) is 12.8 Å². The number of hydrogen-bond donors (Lipinski definition) is 1. The van der Waals surface area contributed by atoms with Gasteiger partial charge in [-0.15, -0.1) is 0 Å². The first-order valence-corrected chi connectivity index (χ1v) is 7.35. The third kappa shape index (κ3) is 2.78. The fourth-order valence-electron chi connectivity index (χ4n) is 2.14. The zero-order chi connectivity index (χ0) is 10.9. The third-order valence-electron chi connectivity index (χ3n) is 3.31. The summed E-state index contributed by atoms with van der Waals surface area (Å²) in [5.74, 6) is 0.805. The van der Waals surface area contributed by atoms with Crippen LogP contribution in [0.1, 0.15) is 25.7 Å². The topological polar surface area (TPSA) is 63.2 Å². The third-order valence-corrected chi connectivity index (χ3v) is 5.05. The average molecular weight is 231 g/mol. The summed E-state index contributed by atoms with van der Waals surface area (Å²) in [4.78, 5) is 11.7. The van der Waals surface area contributed by atoms with E-state index in [1.54, 1.807) is 0 Å². The Bertz CT molecular complexity index is 346. The van der Waals surface area contributed by atoms with Crippen LogP contribution in [-0.2, 0) is 14.6 Å². The van der Waals surface area contributed by atoms with Crippen molar-refractivity contribution in [3.05, 3.63) is 0 Å². The van der Waals surface area contributed by atoms with Crippen LogP contribution in [0.25, 0.3) is 0 Å². The minimum absolute atomic E-state index is 0.130. The highest BCUT2D eigenvalue weighted by molar-refractivity contribution is 7.91. The molecule has 0 aromatic rings. The molecule has 1 atom stereocenters. The zero-order valence-corrected chi connectivity index (χ0v) is 9.55. The van der Waals surface area contributed by atoms with Gasteiger partial charge < -0.3 is 5.32 Å². The Morgan fingerprint density at radius 1 is 1.33 bits per heavy atom. The second kappa shape index (κ2) is 4.22. The zero-order valence-electron chi connectivity index (χ0n) is 8.74. The average Bonchev–Trinajstić information content (AvgIpc) is 1.97. The molecular weight excluding hydrogens is 214 g/mol. The van der Waals surface area contributed by atoms with E-state index in [-0.39, 0.29) is 29.2 Å². The lowest BCUT2D eigenvalue weighted by Crippen LogP contribution is -2.46. The number of carbonyl (C=O) groups is 1. The Labute approximate surface area is 90.3 Å². The van der Waals surface area contributed by atoms with Crippen LogP contribution in [0.3, 0.4) is 0 Å².